The number of methoxy groups -OCH3 is 1. The van der Waals surface area contributed by atoms with Gasteiger partial charge in [-0.3, -0.25) is 0 Å². The lowest BCUT2D eigenvalue weighted by Gasteiger charge is -2.40. The summed E-state index contributed by atoms with van der Waals surface area (Å²) in [5.74, 6) is -1.11. The summed E-state index contributed by atoms with van der Waals surface area (Å²) in [5.41, 5.74) is 1.16. The van der Waals surface area contributed by atoms with Crippen LogP contribution in [0.5, 0.6) is 0 Å². The predicted molar refractivity (Wildman–Crippen MR) is 92.1 cm³/mol. The molecule has 5 nitrogen and oxygen atoms in total. The molecular weight excluding hydrogens is 322 g/mol. The summed E-state index contributed by atoms with van der Waals surface area (Å²) >= 11 is 1.27. The first kappa shape index (κ1) is 19.6. The molecule has 0 bridgehead atoms. The molecular formula is C18H19N3O2S. The lowest BCUT2D eigenvalue weighted by atomic mass is 9.65. The van der Waals surface area contributed by atoms with Crippen molar-refractivity contribution in [3.63, 3.8) is 0 Å². The molecule has 0 aromatic heterocycles. The Kier molecular flexibility index (Phi) is 6.41. The minimum Gasteiger partial charge on any atom is -0.465 e. The van der Waals surface area contributed by atoms with Crippen molar-refractivity contribution in [1.82, 2.24) is 0 Å². The maximum Gasteiger partial charge on any atom is 0.349 e. The number of carbonyl (C=O) groups is 1. The van der Waals surface area contributed by atoms with Gasteiger partial charge < -0.3 is 4.74 Å². The number of nitriles is 3. The molecule has 1 rings (SSSR count). The molecule has 1 aliphatic rings. The summed E-state index contributed by atoms with van der Waals surface area (Å²) < 4.78 is 4.72. The highest BCUT2D eigenvalue weighted by Gasteiger charge is 2.41. The van der Waals surface area contributed by atoms with Gasteiger partial charge in [0.1, 0.15) is 29.4 Å². The average molecular weight is 341 g/mol. The topological polar surface area (TPSA) is 97.7 Å². The van der Waals surface area contributed by atoms with Crippen molar-refractivity contribution in [3.05, 3.63) is 33.3 Å². The van der Waals surface area contributed by atoms with Crippen LogP contribution in [0.2, 0.25) is 0 Å². The summed E-state index contributed by atoms with van der Waals surface area (Å²) in [6.45, 7) is 5.95. The van der Waals surface area contributed by atoms with E-state index in [0.29, 0.717) is 10.5 Å². The van der Waals surface area contributed by atoms with E-state index in [-0.39, 0.29) is 16.6 Å². The van der Waals surface area contributed by atoms with Crippen molar-refractivity contribution in [3.8, 4) is 18.2 Å². The highest BCUT2D eigenvalue weighted by Crippen LogP contribution is 2.50. The fourth-order valence-electron chi connectivity index (χ4n) is 3.18. The van der Waals surface area contributed by atoms with Crippen molar-refractivity contribution in [2.45, 2.75) is 27.2 Å². The summed E-state index contributed by atoms with van der Waals surface area (Å²) in [4.78, 5) is 12.5. The van der Waals surface area contributed by atoms with Gasteiger partial charge in [0, 0.05) is 10.8 Å². The highest BCUT2D eigenvalue weighted by atomic mass is 32.2. The van der Waals surface area contributed by atoms with Crippen LogP contribution >= 0.6 is 11.8 Å². The van der Waals surface area contributed by atoms with Gasteiger partial charge in [-0.2, -0.15) is 15.8 Å². The number of allylic oxidation sites excluding steroid dienone is 5. The molecule has 6 heteroatoms. The molecule has 1 unspecified atom stereocenters. The van der Waals surface area contributed by atoms with Crippen molar-refractivity contribution >= 4 is 17.7 Å². The Morgan fingerprint density at radius 3 is 2.29 bits per heavy atom. The number of rotatable bonds is 3. The Balaban J connectivity index is 3.85. The van der Waals surface area contributed by atoms with Gasteiger partial charge in [-0.1, -0.05) is 25.5 Å². The lowest BCUT2D eigenvalue weighted by Crippen LogP contribution is -2.31. The molecule has 0 N–H and O–H groups in total. The third-order valence-electron chi connectivity index (χ3n) is 3.97. The van der Waals surface area contributed by atoms with Crippen LogP contribution in [0.15, 0.2) is 33.3 Å². The minimum atomic E-state index is -0.709. The van der Waals surface area contributed by atoms with Gasteiger partial charge in [-0.15, -0.1) is 11.8 Å². The molecule has 0 heterocycles. The molecule has 24 heavy (non-hydrogen) atoms. The van der Waals surface area contributed by atoms with E-state index in [0.717, 1.165) is 12.0 Å². The fraction of sp³-hybridized carbons (Fsp3) is 0.444. The number of nitrogens with zero attached hydrogens (tertiary/aromatic N) is 3. The van der Waals surface area contributed by atoms with Gasteiger partial charge in [0.05, 0.1) is 7.11 Å². The third-order valence-corrected chi connectivity index (χ3v) is 4.85. The minimum absolute atomic E-state index is 0.000769. The summed E-state index contributed by atoms with van der Waals surface area (Å²) in [6.07, 6.45) is 4.32. The first-order valence-electron chi connectivity index (χ1n) is 7.25. The smallest absolute Gasteiger partial charge is 0.349 e. The normalized spacial score (nSPS) is 19.8. The van der Waals surface area contributed by atoms with Crippen molar-refractivity contribution in [2.24, 2.45) is 11.3 Å². The number of hydrogen-bond acceptors (Lipinski definition) is 6. The zero-order valence-electron chi connectivity index (χ0n) is 14.4. The largest absolute Gasteiger partial charge is 0.465 e. The second-order valence-electron chi connectivity index (χ2n) is 6.19. The van der Waals surface area contributed by atoms with E-state index in [1.54, 1.807) is 6.26 Å². The quantitative estimate of drug-likeness (QED) is 0.441. The van der Waals surface area contributed by atoms with Crippen LogP contribution in [0.3, 0.4) is 0 Å². The van der Waals surface area contributed by atoms with E-state index in [1.807, 2.05) is 45.1 Å². The highest BCUT2D eigenvalue weighted by molar-refractivity contribution is 8.02. The van der Waals surface area contributed by atoms with Crippen molar-refractivity contribution in [2.75, 3.05) is 13.4 Å². The number of thioether (sulfide) groups is 1. The van der Waals surface area contributed by atoms with Crippen LogP contribution < -0.4 is 0 Å². The predicted octanol–water partition coefficient (Wildman–Crippen LogP) is 3.64. The van der Waals surface area contributed by atoms with E-state index in [2.05, 4.69) is 0 Å². The van der Waals surface area contributed by atoms with Crippen LogP contribution in [0.4, 0.5) is 0 Å². The van der Waals surface area contributed by atoms with Gasteiger partial charge in [0.2, 0.25) is 0 Å². The molecule has 0 aromatic carbocycles. The summed E-state index contributed by atoms with van der Waals surface area (Å²) in [5, 5.41) is 28.1. The average Bonchev–Trinajstić information content (AvgIpc) is 2.53. The molecule has 0 aliphatic heterocycles. The second kappa shape index (κ2) is 7.86. The Labute approximate surface area is 146 Å². The van der Waals surface area contributed by atoms with Crippen molar-refractivity contribution in [1.29, 1.82) is 15.8 Å². The third kappa shape index (κ3) is 3.70. The van der Waals surface area contributed by atoms with E-state index < -0.39 is 11.9 Å². The first-order chi connectivity index (χ1) is 11.3. The van der Waals surface area contributed by atoms with E-state index in [1.165, 1.54) is 18.9 Å². The zero-order valence-corrected chi connectivity index (χ0v) is 15.2. The van der Waals surface area contributed by atoms with Gasteiger partial charge in [-0.05, 0) is 30.6 Å². The van der Waals surface area contributed by atoms with Crippen LogP contribution in [-0.2, 0) is 9.53 Å². The van der Waals surface area contributed by atoms with Gasteiger partial charge in [-0.25, -0.2) is 4.79 Å². The van der Waals surface area contributed by atoms with Crippen molar-refractivity contribution < 1.29 is 9.53 Å². The Bertz CT molecular complexity index is 752. The molecule has 1 aliphatic carbocycles. The number of hydrogen-bond donors (Lipinski definition) is 0. The summed E-state index contributed by atoms with van der Waals surface area (Å²) in [6, 6.07) is 5.78. The van der Waals surface area contributed by atoms with E-state index in [4.69, 9.17) is 4.74 Å². The fourth-order valence-corrected chi connectivity index (χ4v) is 4.19. The molecule has 0 spiro atoms. The van der Waals surface area contributed by atoms with Crippen LogP contribution in [-0.4, -0.2) is 19.3 Å². The van der Waals surface area contributed by atoms with Gasteiger partial charge in [0.25, 0.3) is 0 Å². The lowest BCUT2D eigenvalue weighted by molar-refractivity contribution is -0.135. The molecule has 1 atom stereocenters. The van der Waals surface area contributed by atoms with E-state index in [9.17, 15) is 20.6 Å². The zero-order chi connectivity index (χ0) is 18.5. The van der Waals surface area contributed by atoms with Crippen LogP contribution in [0, 0.1) is 45.3 Å². The monoisotopic (exact) mass is 341 g/mol. The maximum atomic E-state index is 12.0. The molecule has 0 amide bonds. The van der Waals surface area contributed by atoms with E-state index >= 15 is 0 Å². The SMILES string of the molecule is COC(=O)/C(C#N)=C(\SC)C1C(=C(C#N)C#N)C=C(C)CC1(C)C. The Morgan fingerprint density at radius 1 is 1.29 bits per heavy atom. The molecule has 0 radical (unpaired) electrons. The van der Waals surface area contributed by atoms with Crippen LogP contribution in [0.25, 0.3) is 0 Å². The number of carbonyl (C=O) groups excluding carboxylic acids is 1. The van der Waals surface area contributed by atoms with Gasteiger partial charge in [0.15, 0.2) is 0 Å². The maximum absolute atomic E-state index is 12.0. The number of ether oxygens (including phenoxy) is 1. The molecule has 0 saturated carbocycles. The van der Waals surface area contributed by atoms with Gasteiger partial charge >= 0.3 is 5.97 Å². The Hall–Kier alpha value is -2.49. The molecule has 124 valence electrons. The number of esters is 1. The van der Waals surface area contributed by atoms with Crippen LogP contribution in [0.1, 0.15) is 27.2 Å². The molecule has 0 saturated heterocycles. The molecule has 0 fully saturated rings. The Morgan fingerprint density at radius 2 is 1.88 bits per heavy atom. The molecule has 0 aromatic rings. The first-order valence-corrected chi connectivity index (χ1v) is 8.47. The summed E-state index contributed by atoms with van der Waals surface area (Å²) in [7, 11) is 1.22. The standard InChI is InChI=1S/C18H19N3O2S/c1-11-6-13(12(8-19)9-20)15(18(2,3)7-11)16(24-5)14(10-21)17(22)23-4/h6,15H,7H2,1-5H3/b16-14-. The second-order valence-corrected chi connectivity index (χ2v) is 7.04.